The molecule has 0 unspecified atom stereocenters. The minimum absolute atomic E-state index is 0.131. The highest BCUT2D eigenvalue weighted by Crippen LogP contribution is 2.41. The molecule has 1 aliphatic rings. The molecule has 3 aromatic rings. The third kappa shape index (κ3) is 4.98. The largest absolute Gasteiger partial charge is 0.497 e. The van der Waals surface area contributed by atoms with Gasteiger partial charge in [-0.2, -0.15) is 0 Å². The summed E-state index contributed by atoms with van der Waals surface area (Å²) in [6.45, 7) is 11.3. The van der Waals surface area contributed by atoms with E-state index < -0.39 is 0 Å². The van der Waals surface area contributed by atoms with Crippen LogP contribution < -0.4 is 14.8 Å². The monoisotopic (exact) mass is 461 g/mol. The molecule has 1 amide bonds. The van der Waals surface area contributed by atoms with Gasteiger partial charge in [-0.05, 0) is 112 Å². The molecule has 1 aromatic heterocycles. The number of hydrogen-bond donors (Lipinski definition) is 1. The standard InChI is InChI=1S/C29H35NO4/c1-18-19(2)27-24(12-14-29(4,5)34-27)20(3)25(18)17-23-10-11-26(33-23)28(31)30-15-13-21-8-7-9-22(16-21)32-6/h7-11,16H,12-15,17H2,1-6H3,(H,30,31). The smallest absolute Gasteiger partial charge is 0.287 e. The van der Waals surface area contributed by atoms with E-state index in [4.69, 9.17) is 13.9 Å². The van der Waals surface area contributed by atoms with Crippen molar-refractivity contribution in [2.45, 2.75) is 65.9 Å². The van der Waals surface area contributed by atoms with Crippen LogP contribution in [0.2, 0.25) is 0 Å². The van der Waals surface area contributed by atoms with Gasteiger partial charge in [0.25, 0.3) is 5.91 Å². The SMILES string of the molecule is COc1cccc(CCNC(=O)c2ccc(Cc3c(C)c(C)c4c(c3C)CCC(C)(C)O4)o2)c1. The van der Waals surface area contributed by atoms with E-state index in [0.717, 1.165) is 42.1 Å². The number of benzene rings is 2. The van der Waals surface area contributed by atoms with Crippen LogP contribution >= 0.6 is 0 Å². The molecule has 0 fully saturated rings. The van der Waals surface area contributed by atoms with Gasteiger partial charge in [0.15, 0.2) is 5.76 Å². The van der Waals surface area contributed by atoms with Crippen LogP contribution in [0.4, 0.5) is 0 Å². The van der Waals surface area contributed by atoms with Crippen molar-refractivity contribution in [2.75, 3.05) is 13.7 Å². The summed E-state index contributed by atoms with van der Waals surface area (Å²) >= 11 is 0. The lowest BCUT2D eigenvalue weighted by atomic mass is 9.84. The van der Waals surface area contributed by atoms with Crippen LogP contribution in [-0.4, -0.2) is 25.2 Å². The Morgan fingerprint density at radius 3 is 2.65 bits per heavy atom. The number of rotatable bonds is 7. The lowest BCUT2D eigenvalue weighted by Crippen LogP contribution is -2.33. The second-order valence-corrected chi connectivity index (χ2v) is 9.82. The van der Waals surface area contributed by atoms with Crippen molar-refractivity contribution in [2.24, 2.45) is 0 Å². The van der Waals surface area contributed by atoms with Crippen LogP contribution in [0.5, 0.6) is 11.5 Å². The molecule has 0 saturated carbocycles. The summed E-state index contributed by atoms with van der Waals surface area (Å²) in [5.74, 6) is 2.81. The topological polar surface area (TPSA) is 60.7 Å². The van der Waals surface area contributed by atoms with Crippen LogP contribution in [0.3, 0.4) is 0 Å². The van der Waals surface area contributed by atoms with E-state index in [1.807, 2.05) is 30.3 Å². The van der Waals surface area contributed by atoms with E-state index in [2.05, 4.69) is 39.9 Å². The highest BCUT2D eigenvalue weighted by atomic mass is 16.5. The van der Waals surface area contributed by atoms with Gasteiger partial charge in [0.2, 0.25) is 0 Å². The summed E-state index contributed by atoms with van der Waals surface area (Å²) in [7, 11) is 1.65. The van der Waals surface area contributed by atoms with Gasteiger partial charge in [-0.3, -0.25) is 4.79 Å². The molecule has 0 atom stereocenters. The number of fused-ring (bicyclic) bond motifs is 1. The van der Waals surface area contributed by atoms with Crippen molar-refractivity contribution in [3.05, 3.63) is 81.3 Å². The number of furan rings is 1. The van der Waals surface area contributed by atoms with Crippen LogP contribution in [0.25, 0.3) is 0 Å². The highest BCUT2D eigenvalue weighted by Gasteiger charge is 2.30. The van der Waals surface area contributed by atoms with Crippen LogP contribution in [0.1, 0.15) is 70.0 Å². The third-order valence-corrected chi connectivity index (χ3v) is 6.96. The van der Waals surface area contributed by atoms with Gasteiger partial charge in [0, 0.05) is 13.0 Å². The molecule has 0 spiro atoms. The molecule has 34 heavy (non-hydrogen) atoms. The highest BCUT2D eigenvalue weighted by molar-refractivity contribution is 5.91. The number of amides is 1. The Kier molecular flexibility index (Phi) is 6.74. The first-order chi connectivity index (χ1) is 16.2. The van der Waals surface area contributed by atoms with E-state index >= 15 is 0 Å². The lowest BCUT2D eigenvalue weighted by Gasteiger charge is -2.35. The molecule has 5 nitrogen and oxygen atoms in total. The van der Waals surface area contributed by atoms with Crippen molar-refractivity contribution >= 4 is 5.91 Å². The van der Waals surface area contributed by atoms with Gasteiger partial charge in [-0.1, -0.05) is 12.1 Å². The predicted octanol–water partition coefficient (Wildman–Crippen LogP) is 5.88. The molecular weight excluding hydrogens is 426 g/mol. The van der Waals surface area contributed by atoms with Crippen molar-refractivity contribution < 1.29 is 18.7 Å². The van der Waals surface area contributed by atoms with E-state index in [9.17, 15) is 4.79 Å². The third-order valence-electron chi connectivity index (χ3n) is 6.96. The Bertz CT molecular complexity index is 1210. The van der Waals surface area contributed by atoms with Gasteiger partial charge < -0.3 is 19.2 Å². The molecule has 1 aliphatic heterocycles. The molecule has 5 heteroatoms. The summed E-state index contributed by atoms with van der Waals surface area (Å²) in [6, 6.07) is 11.5. The second-order valence-electron chi connectivity index (χ2n) is 9.82. The molecule has 2 heterocycles. The van der Waals surface area contributed by atoms with Crippen LogP contribution in [-0.2, 0) is 19.3 Å². The van der Waals surface area contributed by atoms with Gasteiger partial charge in [-0.15, -0.1) is 0 Å². The second kappa shape index (κ2) is 9.57. The number of methoxy groups -OCH3 is 1. The molecule has 0 saturated heterocycles. The first-order valence-corrected chi connectivity index (χ1v) is 12.0. The fourth-order valence-electron chi connectivity index (χ4n) is 4.72. The van der Waals surface area contributed by atoms with Gasteiger partial charge in [0.05, 0.1) is 7.11 Å². The van der Waals surface area contributed by atoms with Crippen molar-refractivity contribution in [1.29, 1.82) is 0 Å². The zero-order chi connectivity index (χ0) is 24.5. The van der Waals surface area contributed by atoms with Crippen LogP contribution in [0, 0.1) is 20.8 Å². The van der Waals surface area contributed by atoms with Gasteiger partial charge >= 0.3 is 0 Å². The van der Waals surface area contributed by atoms with E-state index in [1.165, 1.54) is 27.8 Å². The zero-order valence-corrected chi connectivity index (χ0v) is 21.1. The lowest BCUT2D eigenvalue weighted by molar-refractivity contribution is 0.0833. The summed E-state index contributed by atoms with van der Waals surface area (Å²) in [5, 5.41) is 2.95. The number of nitrogens with one attached hydrogen (secondary N) is 1. The predicted molar refractivity (Wildman–Crippen MR) is 134 cm³/mol. The van der Waals surface area contributed by atoms with E-state index in [1.54, 1.807) is 13.2 Å². The Morgan fingerprint density at radius 2 is 1.88 bits per heavy atom. The van der Waals surface area contributed by atoms with Crippen molar-refractivity contribution in [1.82, 2.24) is 5.32 Å². The Labute approximate surface area is 202 Å². The zero-order valence-electron chi connectivity index (χ0n) is 21.1. The van der Waals surface area contributed by atoms with Gasteiger partial charge in [0.1, 0.15) is 22.9 Å². The minimum Gasteiger partial charge on any atom is -0.497 e. The molecule has 0 bridgehead atoms. The molecule has 0 radical (unpaired) electrons. The Hall–Kier alpha value is -3.21. The van der Waals surface area contributed by atoms with Crippen LogP contribution in [0.15, 0.2) is 40.8 Å². The first kappa shape index (κ1) is 23.9. The maximum absolute atomic E-state index is 12.6. The maximum atomic E-state index is 12.6. The molecular formula is C29H35NO4. The number of hydrogen-bond acceptors (Lipinski definition) is 4. The summed E-state index contributed by atoms with van der Waals surface area (Å²) in [5.41, 5.74) is 7.25. The molecule has 0 aliphatic carbocycles. The molecule has 180 valence electrons. The molecule has 4 rings (SSSR count). The quantitative estimate of drug-likeness (QED) is 0.477. The van der Waals surface area contributed by atoms with Crippen molar-refractivity contribution in [3.63, 3.8) is 0 Å². The number of ether oxygens (including phenoxy) is 2. The number of carbonyl (C=O) groups is 1. The number of carbonyl (C=O) groups excluding carboxylic acids is 1. The molecule has 1 N–H and O–H groups in total. The minimum atomic E-state index is -0.195. The van der Waals surface area contributed by atoms with Gasteiger partial charge in [-0.25, -0.2) is 0 Å². The first-order valence-electron chi connectivity index (χ1n) is 12.0. The average molecular weight is 462 g/mol. The van der Waals surface area contributed by atoms with E-state index in [0.29, 0.717) is 18.7 Å². The maximum Gasteiger partial charge on any atom is 0.287 e. The fraction of sp³-hybridized carbons (Fsp3) is 0.414. The fourth-order valence-corrected chi connectivity index (χ4v) is 4.72. The summed E-state index contributed by atoms with van der Waals surface area (Å²) in [6.07, 6.45) is 3.40. The summed E-state index contributed by atoms with van der Waals surface area (Å²) < 4.78 is 17.6. The normalized spacial score (nSPS) is 14.3. The van der Waals surface area contributed by atoms with E-state index in [-0.39, 0.29) is 11.5 Å². The average Bonchev–Trinajstić information content (AvgIpc) is 3.29. The summed E-state index contributed by atoms with van der Waals surface area (Å²) in [4.78, 5) is 12.6. The Morgan fingerprint density at radius 1 is 1.09 bits per heavy atom. The van der Waals surface area contributed by atoms with Crippen molar-refractivity contribution in [3.8, 4) is 11.5 Å². The Balaban J connectivity index is 1.43. The molecule has 2 aromatic carbocycles.